The number of halogens is 1. The normalized spacial score (nSPS) is 18.9. The Labute approximate surface area is 209 Å². The summed E-state index contributed by atoms with van der Waals surface area (Å²) in [5, 5.41) is 7.20. The van der Waals surface area contributed by atoms with Crippen LogP contribution in [0.15, 0.2) is 30.5 Å². The van der Waals surface area contributed by atoms with Crippen molar-refractivity contribution in [2.75, 3.05) is 35.6 Å². The minimum absolute atomic E-state index is 0.210. The van der Waals surface area contributed by atoms with Gasteiger partial charge < -0.3 is 4.90 Å². The highest BCUT2D eigenvalue weighted by Gasteiger charge is 2.32. The van der Waals surface area contributed by atoms with E-state index < -0.39 is 10.0 Å². The van der Waals surface area contributed by atoms with Crippen LogP contribution in [0.25, 0.3) is 5.65 Å². The van der Waals surface area contributed by atoms with Gasteiger partial charge in [0.05, 0.1) is 29.2 Å². The van der Waals surface area contributed by atoms with Crippen LogP contribution < -0.4 is 15.2 Å². The van der Waals surface area contributed by atoms with Crippen molar-refractivity contribution in [2.24, 2.45) is 0 Å². The maximum absolute atomic E-state index is 13.7. The lowest BCUT2D eigenvalue weighted by molar-refractivity contribution is 0.0607. The molecule has 2 N–H and O–H groups in total. The Morgan fingerprint density at radius 3 is 2.77 bits per heavy atom. The summed E-state index contributed by atoms with van der Waals surface area (Å²) in [6.07, 6.45) is 6.65. The average Bonchev–Trinajstić information content (AvgIpc) is 3.48. The summed E-state index contributed by atoms with van der Waals surface area (Å²) in [5.41, 5.74) is 6.26. The van der Waals surface area contributed by atoms with E-state index in [1.165, 1.54) is 12.1 Å². The van der Waals surface area contributed by atoms with E-state index >= 15 is 0 Å². The fraction of sp³-hybridized carbons (Fsp3) is 0.435. The second kappa shape index (κ2) is 9.29. The predicted octanol–water partition coefficient (Wildman–Crippen LogP) is 3.14. The molecular formula is C23H28ClN7O3S. The Hall–Kier alpha value is -2.89. The van der Waals surface area contributed by atoms with Crippen LogP contribution in [0.5, 0.6) is 0 Å². The highest BCUT2D eigenvalue weighted by atomic mass is 35.5. The molecule has 0 aliphatic carbocycles. The smallest absolute Gasteiger partial charge is 0.256 e. The maximum atomic E-state index is 13.7. The number of rotatable bonds is 5. The molecule has 10 nitrogen and oxygen atoms in total. The van der Waals surface area contributed by atoms with Gasteiger partial charge in [-0.15, -0.1) is 0 Å². The number of hydrogen-bond acceptors (Lipinski definition) is 7. The van der Waals surface area contributed by atoms with E-state index in [-0.39, 0.29) is 23.2 Å². The topological polar surface area (TPSA) is 112 Å². The first kappa shape index (κ1) is 23.8. The molecule has 2 aliphatic heterocycles. The summed E-state index contributed by atoms with van der Waals surface area (Å²) in [6, 6.07) is 6.26. The lowest BCUT2D eigenvalue weighted by Gasteiger charge is -2.35. The minimum atomic E-state index is -3.57. The lowest BCUT2D eigenvalue weighted by Crippen LogP contribution is -2.39. The third kappa shape index (κ3) is 4.93. The minimum Gasteiger partial charge on any atom is -0.330 e. The zero-order valence-electron chi connectivity index (χ0n) is 19.7. The second-order valence-corrected chi connectivity index (χ2v) is 11.3. The van der Waals surface area contributed by atoms with Crippen molar-refractivity contribution in [1.29, 1.82) is 0 Å². The second-order valence-electron chi connectivity index (χ2n) is 9.11. The van der Waals surface area contributed by atoms with Crippen LogP contribution in [0.1, 0.15) is 53.3 Å². The van der Waals surface area contributed by atoms with Gasteiger partial charge in [-0.3, -0.25) is 14.5 Å². The molecule has 35 heavy (non-hydrogen) atoms. The predicted molar refractivity (Wildman–Crippen MR) is 135 cm³/mol. The number of carbonyl (C=O) groups is 1. The van der Waals surface area contributed by atoms with Crippen molar-refractivity contribution in [1.82, 2.24) is 24.9 Å². The van der Waals surface area contributed by atoms with Gasteiger partial charge in [-0.25, -0.2) is 23.3 Å². The number of carbonyl (C=O) groups excluding carboxylic acids is 1. The Morgan fingerprint density at radius 2 is 2.03 bits per heavy atom. The van der Waals surface area contributed by atoms with E-state index in [4.69, 9.17) is 21.7 Å². The molecule has 1 atom stereocenters. The number of aromatic nitrogens is 3. The molecule has 2 aromatic heterocycles. The first-order chi connectivity index (χ1) is 16.7. The van der Waals surface area contributed by atoms with Gasteiger partial charge in [-0.1, -0.05) is 11.6 Å². The summed E-state index contributed by atoms with van der Waals surface area (Å²) < 4.78 is 28.0. The number of hydrazine groups is 1. The number of fused-ring (bicyclic) bond motifs is 1. The number of piperidine rings is 1. The van der Waals surface area contributed by atoms with Gasteiger partial charge in [0, 0.05) is 42.5 Å². The van der Waals surface area contributed by atoms with Crippen molar-refractivity contribution < 1.29 is 13.2 Å². The third-order valence-corrected chi connectivity index (χ3v) is 7.18. The molecule has 5 rings (SSSR count). The Bertz CT molecular complexity index is 1390. The zero-order chi connectivity index (χ0) is 24.7. The number of amides is 1. The third-order valence-electron chi connectivity index (χ3n) is 6.35. The molecule has 12 heteroatoms. The van der Waals surface area contributed by atoms with Gasteiger partial charge in [0.2, 0.25) is 10.0 Å². The van der Waals surface area contributed by atoms with E-state index in [1.54, 1.807) is 15.5 Å². The van der Waals surface area contributed by atoms with Crippen molar-refractivity contribution >= 4 is 44.7 Å². The van der Waals surface area contributed by atoms with Crippen molar-refractivity contribution in [2.45, 2.75) is 38.6 Å². The molecular weight excluding hydrogens is 490 g/mol. The molecule has 0 radical (unpaired) electrons. The van der Waals surface area contributed by atoms with E-state index in [0.29, 0.717) is 11.6 Å². The molecule has 0 bridgehead atoms. The summed E-state index contributed by atoms with van der Waals surface area (Å²) in [4.78, 5) is 20.3. The Morgan fingerprint density at radius 1 is 1.20 bits per heavy atom. The highest BCUT2D eigenvalue weighted by Crippen LogP contribution is 2.34. The van der Waals surface area contributed by atoms with Crippen LogP contribution >= 0.6 is 11.6 Å². The molecule has 2 aliphatic rings. The maximum Gasteiger partial charge on any atom is 0.256 e. The van der Waals surface area contributed by atoms with E-state index in [9.17, 15) is 13.2 Å². The van der Waals surface area contributed by atoms with E-state index in [0.717, 1.165) is 67.8 Å². The summed E-state index contributed by atoms with van der Waals surface area (Å²) in [7, 11) is -3.57. The van der Waals surface area contributed by atoms with Gasteiger partial charge >= 0.3 is 0 Å². The monoisotopic (exact) mass is 517 g/mol. The molecule has 1 aromatic carbocycles. The standard InChI is InChI=1S/C23H28ClN7O3S/c1-15-14-31-21(26-22(15)30-11-5-9-25-30)13-19(27-31)20-6-3-4-10-29(20)23(32)17-12-16(24)7-8-18(17)28-35(2,33)34/h7-8,12-14,20,25,28H,3-6,9-11H2,1-2H3/t20-/m0/s1. The number of hydrogen-bond donors (Lipinski definition) is 2. The van der Waals surface area contributed by atoms with Crippen LogP contribution in [-0.2, 0) is 10.0 Å². The SMILES string of the molecule is Cc1cn2nc([C@@H]3CCCCN3C(=O)c3cc(Cl)ccc3NS(C)(=O)=O)cc2nc1N1CCCN1. The van der Waals surface area contributed by atoms with Crippen LogP contribution in [-0.4, -0.2) is 59.7 Å². The molecule has 0 spiro atoms. The average molecular weight is 518 g/mol. The Kier molecular flexibility index (Phi) is 6.32. The number of likely N-dealkylation sites (tertiary alicyclic amines) is 1. The first-order valence-corrected chi connectivity index (χ1v) is 13.9. The van der Waals surface area contributed by atoms with E-state index in [2.05, 4.69) is 15.2 Å². The molecule has 1 amide bonds. The zero-order valence-corrected chi connectivity index (χ0v) is 21.2. The number of sulfonamides is 1. The Balaban J connectivity index is 1.50. The number of anilines is 2. The molecule has 3 aromatic rings. The highest BCUT2D eigenvalue weighted by molar-refractivity contribution is 7.92. The van der Waals surface area contributed by atoms with Crippen LogP contribution in [0.2, 0.25) is 5.02 Å². The first-order valence-electron chi connectivity index (χ1n) is 11.7. The van der Waals surface area contributed by atoms with Crippen molar-refractivity contribution in [3.8, 4) is 0 Å². The van der Waals surface area contributed by atoms with Gasteiger partial charge in [-0.2, -0.15) is 5.10 Å². The molecule has 0 saturated carbocycles. The number of nitrogens with one attached hydrogen (secondary N) is 2. The molecule has 2 fully saturated rings. The lowest BCUT2D eigenvalue weighted by atomic mass is 9.98. The summed E-state index contributed by atoms with van der Waals surface area (Å²) >= 11 is 6.18. The summed E-state index contributed by atoms with van der Waals surface area (Å²) in [5.74, 6) is 0.597. The van der Waals surface area contributed by atoms with Gasteiger partial charge in [0.15, 0.2) is 5.65 Å². The number of nitrogens with zero attached hydrogens (tertiary/aromatic N) is 5. The molecule has 0 unspecified atom stereocenters. The largest absolute Gasteiger partial charge is 0.330 e. The van der Waals surface area contributed by atoms with Gasteiger partial charge in [0.1, 0.15) is 5.82 Å². The quantitative estimate of drug-likeness (QED) is 0.534. The molecule has 2 saturated heterocycles. The van der Waals surface area contributed by atoms with Crippen molar-refractivity contribution in [3.05, 3.63) is 52.3 Å². The summed E-state index contributed by atoms with van der Waals surface area (Å²) in [6.45, 7) is 4.38. The number of benzene rings is 1. The van der Waals surface area contributed by atoms with Gasteiger partial charge in [0.25, 0.3) is 5.91 Å². The molecule has 186 valence electrons. The van der Waals surface area contributed by atoms with Crippen LogP contribution in [0.4, 0.5) is 11.5 Å². The van der Waals surface area contributed by atoms with Gasteiger partial charge in [-0.05, 0) is 50.8 Å². The number of aryl methyl sites for hydroxylation is 1. The van der Waals surface area contributed by atoms with Crippen LogP contribution in [0, 0.1) is 6.92 Å². The van der Waals surface area contributed by atoms with E-state index in [1.807, 2.05) is 19.2 Å². The van der Waals surface area contributed by atoms with Crippen LogP contribution in [0.3, 0.4) is 0 Å². The molecule has 4 heterocycles. The fourth-order valence-electron chi connectivity index (χ4n) is 4.79. The van der Waals surface area contributed by atoms with Crippen molar-refractivity contribution in [3.63, 3.8) is 0 Å². The fourth-order valence-corrected chi connectivity index (χ4v) is 5.53.